The van der Waals surface area contributed by atoms with E-state index in [0.29, 0.717) is 27.3 Å². The molecular formula is C20H21Cl2N3OS. The second kappa shape index (κ2) is 8.57. The van der Waals surface area contributed by atoms with Gasteiger partial charge in [-0.25, -0.2) is 4.98 Å². The summed E-state index contributed by atoms with van der Waals surface area (Å²) in [7, 11) is 4.03. The van der Waals surface area contributed by atoms with Crippen LogP contribution in [0.25, 0.3) is 10.2 Å². The molecule has 142 valence electrons. The smallest absolute Gasteiger partial charge is 0.261 e. The summed E-state index contributed by atoms with van der Waals surface area (Å²) in [6, 6.07) is 10.9. The number of aromatic nitrogens is 1. The molecule has 0 aliphatic rings. The number of nitrogens with zero attached hydrogens (tertiary/aromatic N) is 3. The molecule has 0 saturated heterocycles. The lowest BCUT2D eigenvalue weighted by Gasteiger charge is -2.21. The molecule has 3 rings (SSSR count). The van der Waals surface area contributed by atoms with Gasteiger partial charge in [0.15, 0.2) is 5.13 Å². The van der Waals surface area contributed by atoms with Crippen molar-refractivity contribution in [3.05, 3.63) is 57.6 Å². The molecule has 0 radical (unpaired) electrons. The number of rotatable bonds is 6. The Bertz CT molecular complexity index is 971. The number of aryl methyl sites for hydroxylation is 1. The van der Waals surface area contributed by atoms with E-state index in [1.54, 1.807) is 17.0 Å². The fraction of sp³-hybridized carbons (Fsp3) is 0.300. The molecule has 0 bridgehead atoms. The van der Waals surface area contributed by atoms with Crippen molar-refractivity contribution in [1.82, 2.24) is 9.88 Å². The summed E-state index contributed by atoms with van der Waals surface area (Å²) in [4.78, 5) is 21.8. The molecule has 3 aromatic rings. The third kappa shape index (κ3) is 4.61. The lowest BCUT2D eigenvalue weighted by atomic mass is 10.2. The highest BCUT2D eigenvalue weighted by atomic mass is 35.5. The highest BCUT2D eigenvalue weighted by Crippen LogP contribution is 2.34. The van der Waals surface area contributed by atoms with E-state index in [-0.39, 0.29) is 5.91 Å². The average Bonchev–Trinajstić information content (AvgIpc) is 3.02. The molecule has 0 aliphatic heterocycles. The van der Waals surface area contributed by atoms with Crippen LogP contribution < -0.4 is 4.90 Å². The van der Waals surface area contributed by atoms with Gasteiger partial charge < -0.3 is 4.90 Å². The van der Waals surface area contributed by atoms with Crippen molar-refractivity contribution in [3.63, 3.8) is 0 Å². The zero-order valence-electron chi connectivity index (χ0n) is 15.5. The topological polar surface area (TPSA) is 36.4 Å². The SMILES string of the molecule is Cc1cc(Cl)cc2sc(N(CCCN(C)C)C(=O)c3ccccc3Cl)nc12. The van der Waals surface area contributed by atoms with Crippen LogP contribution in [0.3, 0.4) is 0 Å². The summed E-state index contributed by atoms with van der Waals surface area (Å²) >= 11 is 13.9. The second-order valence-electron chi connectivity index (χ2n) is 6.66. The van der Waals surface area contributed by atoms with Crippen molar-refractivity contribution < 1.29 is 4.79 Å². The normalized spacial score (nSPS) is 11.3. The lowest BCUT2D eigenvalue weighted by molar-refractivity contribution is 0.0986. The molecule has 0 fully saturated rings. The monoisotopic (exact) mass is 421 g/mol. The third-order valence-electron chi connectivity index (χ3n) is 4.21. The van der Waals surface area contributed by atoms with E-state index < -0.39 is 0 Å². The largest absolute Gasteiger partial charge is 0.309 e. The molecule has 1 heterocycles. The molecule has 27 heavy (non-hydrogen) atoms. The Labute approximate surface area is 173 Å². The molecule has 0 saturated carbocycles. The minimum atomic E-state index is -0.137. The van der Waals surface area contributed by atoms with Gasteiger partial charge in [-0.2, -0.15) is 0 Å². The molecule has 0 aliphatic carbocycles. The van der Waals surface area contributed by atoms with Crippen molar-refractivity contribution >= 4 is 55.8 Å². The second-order valence-corrected chi connectivity index (χ2v) is 8.51. The lowest BCUT2D eigenvalue weighted by Crippen LogP contribution is -2.33. The average molecular weight is 422 g/mol. The van der Waals surface area contributed by atoms with Crippen LogP contribution in [0.5, 0.6) is 0 Å². The van der Waals surface area contributed by atoms with Gasteiger partial charge >= 0.3 is 0 Å². The van der Waals surface area contributed by atoms with Gasteiger partial charge in [-0.15, -0.1) is 0 Å². The molecule has 4 nitrogen and oxygen atoms in total. The fourth-order valence-electron chi connectivity index (χ4n) is 2.87. The highest BCUT2D eigenvalue weighted by molar-refractivity contribution is 7.22. The van der Waals surface area contributed by atoms with Gasteiger partial charge in [0.2, 0.25) is 0 Å². The van der Waals surface area contributed by atoms with Gasteiger partial charge in [-0.05, 0) is 63.8 Å². The first-order valence-electron chi connectivity index (χ1n) is 8.64. The molecular weight excluding hydrogens is 401 g/mol. The van der Waals surface area contributed by atoms with Crippen molar-refractivity contribution in [1.29, 1.82) is 0 Å². The number of carbonyl (C=O) groups is 1. The molecule has 7 heteroatoms. The van der Waals surface area contributed by atoms with E-state index in [1.165, 1.54) is 11.3 Å². The number of amides is 1. The molecule has 1 amide bonds. The summed E-state index contributed by atoms with van der Waals surface area (Å²) in [5, 5.41) is 1.78. The van der Waals surface area contributed by atoms with Gasteiger partial charge in [0.05, 0.1) is 20.8 Å². The number of anilines is 1. The van der Waals surface area contributed by atoms with Gasteiger partial charge in [0, 0.05) is 11.6 Å². The summed E-state index contributed by atoms with van der Waals surface area (Å²) in [5.74, 6) is -0.137. The summed E-state index contributed by atoms with van der Waals surface area (Å²) in [6.45, 7) is 3.42. The van der Waals surface area contributed by atoms with E-state index in [4.69, 9.17) is 28.2 Å². The number of halogens is 2. The molecule has 0 N–H and O–H groups in total. The van der Waals surface area contributed by atoms with Gasteiger partial charge in [-0.3, -0.25) is 9.69 Å². The van der Waals surface area contributed by atoms with Gasteiger partial charge in [-0.1, -0.05) is 46.7 Å². The van der Waals surface area contributed by atoms with E-state index >= 15 is 0 Å². The Kier molecular flexibility index (Phi) is 6.37. The van der Waals surface area contributed by atoms with Crippen LogP contribution in [0.1, 0.15) is 22.3 Å². The van der Waals surface area contributed by atoms with Crippen LogP contribution in [-0.4, -0.2) is 43.0 Å². The van der Waals surface area contributed by atoms with E-state index in [2.05, 4.69) is 4.90 Å². The third-order valence-corrected chi connectivity index (χ3v) is 5.78. The van der Waals surface area contributed by atoms with E-state index in [0.717, 1.165) is 28.7 Å². The quantitative estimate of drug-likeness (QED) is 0.526. The maximum absolute atomic E-state index is 13.2. The Morgan fingerprint density at radius 3 is 2.59 bits per heavy atom. The first kappa shape index (κ1) is 20.1. The van der Waals surface area contributed by atoms with Crippen LogP contribution in [0.4, 0.5) is 5.13 Å². The molecule has 0 unspecified atom stereocenters. The van der Waals surface area contributed by atoms with E-state index in [1.807, 2.05) is 45.3 Å². The van der Waals surface area contributed by atoms with Crippen LogP contribution in [0.15, 0.2) is 36.4 Å². The van der Waals surface area contributed by atoms with Crippen molar-refractivity contribution in [2.75, 3.05) is 32.1 Å². The summed E-state index contributed by atoms with van der Waals surface area (Å²) < 4.78 is 0.972. The van der Waals surface area contributed by atoms with Crippen LogP contribution >= 0.6 is 34.5 Å². The van der Waals surface area contributed by atoms with Crippen molar-refractivity contribution in [3.8, 4) is 0 Å². The maximum atomic E-state index is 13.2. The Balaban J connectivity index is 2.00. The Morgan fingerprint density at radius 1 is 1.15 bits per heavy atom. The van der Waals surface area contributed by atoms with Crippen LogP contribution in [-0.2, 0) is 0 Å². The van der Waals surface area contributed by atoms with Crippen molar-refractivity contribution in [2.45, 2.75) is 13.3 Å². The Hall–Kier alpha value is -1.66. The minimum absolute atomic E-state index is 0.137. The number of hydrogen-bond donors (Lipinski definition) is 0. The molecule has 1 aromatic heterocycles. The zero-order valence-corrected chi connectivity index (χ0v) is 17.8. The maximum Gasteiger partial charge on any atom is 0.261 e. The predicted octanol–water partition coefficient (Wildman–Crippen LogP) is 5.51. The number of carbonyl (C=O) groups excluding carboxylic acids is 1. The van der Waals surface area contributed by atoms with Crippen molar-refractivity contribution in [2.24, 2.45) is 0 Å². The van der Waals surface area contributed by atoms with E-state index in [9.17, 15) is 4.79 Å². The molecule has 0 atom stereocenters. The first-order valence-corrected chi connectivity index (χ1v) is 10.2. The first-order chi connectivity index (χ1) is 12.9. The number of fused-ring (bicyclic) bond motifs is 1. The number of hydrogen-bond acceptors (Lipinski definition) is 4. The molecule has 0 spiro atoms. The van der Waals surface area contributed by atoms with Gasteiger partial charge in [0.1, 0.15) is 0 Å². The summed E-state index contributed by atoms with van der Waals surface area (Å²) in [6.07, 6.45) is 0.832. The standard InChI is InChI=1S/C20H21Cl2N3OS/c1-13-11-14(21)12-17-18(13)23-20(27-17)25(10-6-9-24(2)3)19(26)15-7-4-5-8-16(15)22/h4-5,7-8,11-12H,6,9-10H2,1-3H3. The fourth-order valence-corrected chi connectivity index (χ4v) is 4.53. The minimum Gasteiger partial charge on any atom is -0.309 e. The Morgan fingerprint density at radius 2 is 1.89 bits per heavy atom. The number of thiazole rings is 1. The number of benzene rings is 2. The zero-order chi connectivity index (χ0) is 19.6. The summed E-state index contributed by atoms with van der Waals surface area (Å²) in [5.41, 5.74) is 2.36. The van der Waals surface area contributed by atoms with Crippen LogP contribution in [0.2, 0.25) is 10.0 Å². The molecule has 2 aromatic carbocycles. The van der Waals surface area contributed by atoms with Crippen LogP contribution in [0, 0.1) is 6.92 Å². The predicted molar refractivity (Wildman–Crippen MR) is 116 cm³/mol. The van der Waals surface area contributed by atoms with Gasteiger partial charge in [0.25, 0.3) is 5.91 Å². The highest BCUT2D eigenvalue weighted by Gasteiger charge is 2.23.